The van der Waals surface area contributed by atoms with Gasteiger partial charge in [0.2, 0.25) is 5.69 Å². The Hall–Kier alpha value is -1.49. The molecule has 1 N–H and O–H groups in total. The quantitative estimate of drug-likeness (QED) is 0.629. The maximum Gasteiger partial charge on any atom is 0.228 e. The number of nitrogens with zero attached hydrogens (tertiary/aromatic N) is 1. The number of phenols is 1. The fraction of sp³-hybridized carbons (Fsp3) is 0.300. The first-order chi connectivity index (χ1) is 5.65. The summed E-state index contributed by atoms with van der Waals surface area (Å²) >= 11 is 0. The molecular formula is C10H11NO. The van der Waals surface area contributed by atoms with E-state index in [0.29, 0.717) is 11.6 Å². The number of hydrogen-bond acceptors (Lipinski definition) is 1. The van der Waals surface area contributed by atoms with Gasteiger partial charge in [0.1, 0.15) is 5.75 Å². The monoisotopic (exact) mass is 161 g/mol. The van der Waals surface area contributed by atoms with Crippen LogP contribution in [0.1, 0.15) is 25.3 Å². The van der Waals surface area contributed by atoms with Crippen molar-refractivity contribution in [2.75, 3.05) is 0 Å². The molecule has 0 aromatic heterocycles. The first kappa shape index (κ1) is 8.61. The molecule has 0 radical (unpaired) electrons. The van der Waals surface area contributed by atoms with E-state index < -0.39 is 0 Å². The van der Waals surface area contributed by atoms with Crippen molar-refractivity contribution in [2.45, 2.75) is 19.8 Å². The first-order valence-electron chi connectivity index (χ1n) is 3.85. The summed E-state index contributed by atoms with van der Waals surface area (Å²) in [6.07, 6.45) is 0. The smallest absolute Gasteiger partial charge is 0.228 e. The molecule has 1 aromatic rings. The normalized spacial score (nSPS) is 9.83. The molecule has 0 heterocycles. The predicted molar refractivity (Wildman–Crippen MR) is 48.5 cm³/mol. The van der Waals surface area contributed by atoms with Gasteiger partial charge < -0.3 is 5.11 Å². The van der Waals surface area contributed by atoms with Gasteiger partial charge in [0, 0.05) is 0 Å². The zero-order valence-corrected chi connectivity index (χ0v) is 7.20. The highest BCUT2D eigenvalue weighted by atomic mass is 16.3. The molecule has 1 aromatic carbocycles. The Morgan fingerprint density at radius 3 is 2.58 bits per heavy atom. The van der Waals surface area contributed by atoms with Crippen LogP contribution in [-0.4, -0.2) is 5.11 Å². The highest BCUT2D eigenvalue weighted by molar-refractivity contribution is 5.58. The molecule has 0 aliphatic carbocycles. The van der Waals surface area contributed by atoms with Gasteiger partial charge in [-0.15, -0.1) is 0 Å². The van der Waals surface area contributed by atoms with Crippen molar-refractivity contribution in [3.63, 3.8) is 0 Å². The Bertz CT molecular complexity index is 323. The van der Waals surface area contributed by atoms with E-state index >= 15 is 0 Å². The zero-order valence-electron chi connectivity index (χ0n) is 7.20. The molecule has 2 nitrogen and oxygen atoms in total. The Balaban J connectivity index is 3.16. The van der Waals surface area contributed by atoms with E-state index in [1.54, 1.807) is 12.1 Å². The Morgan fingerprint density at radius 2 is 2.08 bits per heavy atom. The van der Waals surface area contributed by atoms with Crippen molar-refractivity contribution in [3.8, 4) is 5.75 Å². The van der Waals surface area contributed by atoms with Crippen molar-refractivity contribution in [2.24, 2.45) is 0 Å². The summed E-state index contributed by atoms with van der Waals surface area (Å²) in [6.45, 7) is 10.9. The van der Waals surface area contributed by atoms with Crippen LogP contribution in [0.25, 0.3) is 4.85 Å². The molecule has 0 aliphatic heterocycles. The van der Waals surface area contributed by atoms with Gasteiger partial charge in [0.05, 0.1) is 6.57 Å². The molecule has 12 heavy (non-hydrogen) atoms. The topological polar surface area (TPSA) is 24.6 Å². The number of hydrogen-bond donors (Lipinski definition) is 1. The first-order valence-corrected chi connectivity index (χ1v) is 3.85. The van der Waals surface area contributed by atoms with E-state index in [0.717, 1.165) is 5.56 Å². The van der Waals surface area contributed by atoms with Crippen LogP contribution in [0.15, 0.2) is 18.2 Å². The summed E-state index contributed by atoms with van der Waals surface area (Å²) in [4.78, 5) is 3.21. The van der Waals surface area contributed by atoms with Crippen molar-refractivity contribution >= 4 is 5.69 Å². The van der Waals surface area contributed by atoms with E-state index in [9.17, 15) is 5.11 Å². The molecule has 62 valence electrons. The van der Waals surface area contributed by atoms with E-state index in [4.69, 9.17) is 6.57 Å². The van der Waals surface area contributed by atoms with Gasteiger partial charge in [0.15, 0.2) is 0 Å². The fourth-order valence-electron chi connectivity index (χ4n) is 0.989. The summed E-state index contributed by atoms with van der Waals surface area (Å²) in [6, 6.07) is 5.14. The van der Waals surface area contributed by atoms with E-state index in [1.165, 1.54) is 0 Å². The number of aromatic hydroxyl groups is 1. The Morgan fingerprint density at radius 1 is 1.42 bits per heavy atom. The summed E-state index contributed by atoms with van der Waals surface area (Å²) in [7, 11) is 0. The summed E-state index contributed by atoms with van der Waals surface area (Å²) in [5.74, 6) is 0.459. The number of rotatable bonds is 1. The molecule has 1 rings (SSSR count). The molecule has 0 saturated carbocycles. The lowest BCUT2D eigenvalue weighted by Crippen LogP contribution is -1.85. The fourth-order valence-corrected chi connectivity index (χ4v) is 0.989. The van der Waals surface area contributed by atoms with Gasteiger partial charge in [-0.3, -0.25) is 0 Å². The van der Waals surface area contributed by atoms with Crippen LogP contribution in [-0.2, 0) is 0 Å². The second-order valence-electron chi connectivity index (χ2n) is 3.01. The second kappa shape index (κ2) is 3.27. The molecule has 2 heteroatoms. The third-order valence-corrected chi connectivity index (χ3v) is 1.79. The van der Waals surface area contributed by atoms with Crippen LogP contribution in [0.2, 0.25) is 0 Å². The van der Waals surface area contributed by atoms with E-state index in [2.05, 4.69) is 18.7 Å². The molecule has 0 unspecified atom stereocenters. The molecule has 0 fully saturated rings. The third kappa shape index (κ3) is 1.57. The lowest BCUT2D eigenvalue weighted by atomic mass is 10.0. The molecule has 0 saturated heterocycles. The second-order valence-corrected chi connectivity index (χ2v) is 3.01. The van der Waals surface area contributed by atoms with Crippen molar-refractivity contribution < 1.29 is 5.11 Å². The maximum atomic E-state index is 9.20. The van der Waals surface area contributed by atoms with E-state index in [-0.39, 0.29) is 5.75 Å². The van der Waals surface area contributed by atoms with Crippen LogP contribution in [0.3, 0.4) is 0 Å². The van der Waals surface area contributed by atoms with Crippen LogP contribution in [0, 0.1) is 6.57 Å². The van der Waals surface area contributed by atoms with Crippen LogP contribution >= 0.6 is 0 Å². The minimum atomic E-state index is 0.0643. The minimum absolute atomic E-state index is 0.0643. The molecule has 0 bridgehead atoms. The lowest BCUT2D eigenvalue weighted by molar-refractivity contribution is 0.478. The Kier molecular flexibility index (Phi) is 2.35. The van der Waals surface area contributed by atoms with Crippen LogP contribution < -0.4 is 0 Å². The van der Waals surface area contributed by atoms with E-state index in [1.807, 2.05) is 6.07 Å². The average Bonchev–Trinajstić information content (AvgIpc) is 2.05. The van der Waals surface area contributed by atoms with Gasteiger partial charge >= 0.3 is 0 Å². The van der Waals surface area contributed by atoms with Crippen LogP contribution in [0.4, 0.5) is 5.69 Å². The summed E-state index contributed by atoms with van der Waals surface area (Å²) < 4.78 is 0. The maximum absolute atomic E-state index is 9.20. The van der Waals surface area contributed by atoms with Gasteiger partial charge in [0.25, 0.3) is 0 Å². The summed E-state index contributed by atoms with van der Waals surface area (Å²) in [5, 5.41) is 9.20. The van der Waals surface area contributed by atoms with Crippen molar-refractivity contribution in [1.29, 1.82) is 0 Å². The standard InChI is InChI=1S/C10H11NO/c1-7(2)8-4-5-10(12)9(6-8)11-3/h4-7,12H,1-2H3. The number of phenolic OH excluding ortho intramolecular Hbond substituents is 1. The summed E-state index contributed by atoms with van der Waals surface area (Å²) in [5.41, 5.74) is 1.42. The van der Waals surface area contributed by atoms with Gasteiger partial charge in [-0.05, 0) is 18.1 Å². The van der Waals surface area contributed by atoms with Crippen LogP contribution in [0.5, 0.6) is 5.75 Å². The molecule has 0 spiro atoms. The van der Waals surface area contributed by atoms with Gasteiger partial charge in [-0.1, -0.05) is 25.5 Å². The van der Waals surface area contributed by atoms with Gasteiger partial charge in [-0.25, -0.2) is 4.85 Å². The van der Waals surface area contributed by atoms with Crippen molar-refractivity contribution in [3.05, 3.63) is 35.2 Å². The third-order valence-electron chi connectivity index (χ3n) is 1.79. The predicted octanol–water partition coefficient (Wildman–Crippen LogP) is 3.07. The number of benzene rings is 1. The highest BCUT2D eigenvalue weighted by Gasteiger charge is 2.03. The minimum Gasteiger partial charge on any atom is -0.519 e. The lowest BCUT2D eigenvalue weighted by Gasteiger charge is -2.05. The largest absolute Gasteiger partial charge is 0.519 e. The van der Waals surface area contributed by atoms with Crippen molar-refractivity contribution in [1.82, 2.24) is 0 Å². The SMILES string of the molecule is [C-]#[N+]c1cc(C(C)C)ccc1O. The molecule has 0 atom stereocenters. The molecule has 0 amide bonds. The van der Waals surface area contributed by atoms with Gasteiger partial charge in [-0.2, -0.15) is 0 Å². The zero-order chi connectivity index (χ0) is 9.14. The average molecular weight is 161 g/mol. The Labute approximate surface area is 72.3 Å². The molecule has 0 aliphatic rings. The molecular weight excluding hydrogens is 150 g/mol. The highest BCUT2D eigenvalue weighted by Crippen LogP contribution is 2.29.